The summed E-state index contributed by atoms with van der Waals surface area (Å²) in [6.45, 7) is 5.31. The van der Waals surface area contributed by atoms with E-state index in [0.717, 1.165) is 38.1 Å². The zero-order valence-corrected chi connectivity index (χ0v) is 14.5. The van der Waals surface area contributed by atoms with E-state index in [1.54, 1.807) is 17.9 Å². The molecule has 1 atom stereocenters. The van der Waals surface area contributed by atoms with Crippen LogP contribution in [0.2, 0.25) is 0 Å². The molecule has 1 aromatic heterocycles. The molecule has 2 heterocycles. The van der Waals surface area contributed by atoms with Crippen molar-refractivity contribution in [1.29, 1.82) is 0 Å². The van der Waals surface area contributed by atoms with Crippen molar-refractivity contribution in [1.82, 2.24) is 10.2 Å². The first-order chi connectivity index (χ1) is 11.5. The first-order valence-corrected chi connectivity index (χ1v) is 8.80. The zero-order valence-electron chi connectivity index (χ0n) is 14.5. The molecular weight excluding hydrogens is 308 g/mol. The lowest BCUT2D eigenvalue weighted by Crippen LogP contribution is -2.40. The Morgan fingerprint density at radius 2 is 2.08 bits per heavy atom. The van der Waals surface area contributed by atoms with Gasteiger partial charge in [-0.05, 0) is 45.6 Å². The van der Waals surface area contributed by atoms with Crippen LogP contribution >= 0.6 is 0 Å². The van der Waals surface area contributed by atoms with Crippen LogP contribution < -0.4 is 5.32 Å². The Balaban J connectivity index is 1.64. The molecule has 24 heavy (non-hydrogen) atoms. The highest BCUT2D eigenvalue weighted by Gasteiger charge is 2.27. The number of rotatable bonds is 7. The quantitative estimate of drug-likeness (QED) is 0.830. The van der Waals surface area contributed by atoms with E-state index in [2.05, 4.69) is 5.32 Å². The smallest absolute Gasteiger partial charge is 0.257 e. The molecule has 0 aromatic carbocycles. The largest absolute Gasteiger partial charge is 0.466 e. The molecule has 1 aliphatic carbocycles. The van der Waals surface area contributed by atoms with Gasteiger partial charge in [-0.2, -0.15) is 0 Å². The summed E-state index contributed by atoms with van der Waals surface area (Å²) < 4.78 is 11.2. The number of nitrogens with zero attached hydrogens (tertiary/aromatic N) is 1. The molecule has 2 fully saturated rings. The molecule has 0 unspecified atom stereocenters. The van der Waals surface area contributed by atoms with Gasteiger partial charge in [0.1, 0.15) is 11.5 Å². The van der Waals surface area contributed by atoms with Crippen molar-refractivity contribution in [2.24, 2.45) is 0 Å². The molecule has 0 spiro atoms. The second kappa shape index (κ2) is 7.38. The summed E-state index contributed by atoms with van der Waals surface area (Å²) in [5.74, 6) is 1.28. The van der Waals surface area contributed by atoms with Gasteiger partial charge in [0.25, 0.3) is 5.91 Å². The second-order valence-corrected chi connectivity index (χ2v) is 6.80. The van der Waals surface area contributed by atoms with E-state index >= 15 is 0 Å². The van der Waals surface area contributed by atoms with E-state index in [4.69, 9.17) is 9.15 Å². The molecule has 1 N–H and O–H groups in total. The molecule has 3 rings (SSSR count). The standard InChI is InChI=1S/C18H26N2O4/c1-12-10-16(13(2)24-12)18(22)20(11-15-4-3-9-23-15)8-7-17(21)19-14-5-6-14/h10,14-15H,3-9,11H2,1-2H3,(H,19,21)/t15-/m0/s1. The average Bonchev–Trinajstić information content (AvgIpc) is 3.06. The fraction of sp³-hybridized carbons (Fsp3) is 0.667. The van der Waals surface area contributed by atoms with Gasteiger partial charge < -0.3 is 19.4 Å². The number of ether oxygens (including phenoxy) is 1. The SMILES string of the molecule is Cc1cc(C(=O)N(CCC(=O)NC2CC2)C[C@@H]2CCCO2)c(C)o1. The van der Waals surface area contributed by atoms with Gasteiger partial charge in [-0.1, -0.05) is 0 Å². The van der Waals surface area contributed by atoms with Crippen LogP contribution in [-0.4, -0.2) is 48.6 Å². The third kappa shape index (κ3) is 4.38. The van der Waals surface area contributed by atoms with E-state index < -0.39 is 0 Å². The van der Waals surface area contributed by atoms with Crippen LogP contribution in [0.25, 0.3) is 0 Å². The van der Waals surface area contributed by atoms with Crippen molar-refractivity contribution in [3.63, 3.8) is 0 Å². The van der Waals surface area contributed by atoms with Gasteiger partial charge >= 0.3 is 0 Å². The molecule has 132 valence electrons. The maximum atomic E-state index is 12.9. The Hall–Kier alpha value is -1.82. The number of hydrogen-bond acceptors (Lipinski definition) is 4. The number of carbonyl (C=O) groups is 2. The minimum Gasteiger partial charge on any atom is -0.466 e. The summed E-state index contributed by atoms with van der Waals surface area (Å²) in [6, 6.07) is 2.11. The van der Waals surface area contributed by atoms with E-state index in [1.807, 2.05) is 6.92 Å². The van der Waals surface area contributed by atoms with E-state index in [9.17, 15) is 9.59 Å². The number of nitrogens with one attached hydrogen (secondary N) is 1. The minimum absolute atomic E-state index is 0.0164. The Bertz CT molecular complexity index is 600. The topological polar surface area (TPSA) is 71.8 Å². The number of hydrogen-bond donors (Lipinski definition) is 1. The van der Waals surface area contributed by atoms with Crippen molar-refractivity contribution in [2.45, 2.75) is 58.1 Å². The van der Waals surface area contributed by atoms with E-state index in [1.165, 1.54) is 0 Å². The minimum atomic E-state index is -0.0842. The zero-order chi connectivity index (χ0) is 17.1. The molecule has 1 aliphatic heterocycles. The van der Waals surface area contributed by atoms with Gasteiger partial charge in [-0.15, -0.1) is 0 Å². The maximum absolute atomic E-state index is 12.9. The van der Waals surface area contributed by atoms with Crippen molar-refractivity contribution in [2.75, 3.05) is 19.7 Å². The predicted octanol–water partition coefficient (Wildman–Crippen LogP) is 2.19. The highest BCUT2D eigenvalue weighted by Crippen LogP contribution is 2.20. The molecule has 6 heteroatoms. The molecule has 2 amide bonds. The van der Waals surface area contributed by atoms with Crippen LogP contribution in [-0.2, 0) is 9.53 Å². The molecule has 1 saturated carbocycles. The summed E-state index contributed by atoms with van der Waals surface area (Å²) >= 11 is 0. The summed E-state index contributed by atoms with van der Waals surface area (Å²) in [4.78, 5) is 26.6. The first kappa shape index (κ1) is 17.0. The second-order valence-electron chi connectivity index (χ2n) is 6.80. The lowest BCUT2D eigenvalue weighted by atomic mass is 10.1. The lowest BCUT2D eigenvalue weighted by molar-refractivity contribution is -0.121. The molecule has 0 bridgehead atoms. The molecule has 0 radical (unpaired) electrons. The van der Waals surface area contributed by atoms with Gasteiger partial charge in [0, 0.05) is 32.2 Å². The fourth-order valence-corrected chi connectivity index (χ4v) is 3.09. The Morgan fingerprint density at radius 3 is 2.67 bits per heavy atom. The molecular formula is C18H26N2O4. The van der Waals surface area contributed by atoms with Crippen molar-refractivity contribution in [3.8, 4) is 0 Å². The third-order valence-electron chi connectivity index (χ3n) is 4.56. The van der Waals surface area contributed by atoms with Gasteiger partial charge in [0.15, 0.2) is 0 Å². The summed E-state index contributed by atoms with van der Waals surface area (Å²) in [7, 11) is 0. The number of aryl methyl sites for hydroxylation is 2. The monoisotopic (exact) mass is 334 g/mol. The highest BCUT2D eigenvalue weighted by atomic mass is 16.5. The predicted molar refractivity (Wildman–Crippen MR) is 88.8 cm³/mol. The van der Waals surface area contributed by atoms with Crippen LogP contribution in [0.15, 0.2) is 10.5 Å². The van der Waals surface area contributed by atoms with E-state index in [0.29, 0.717) is 36.9 Å². The number of furan rings is 1. The highest BCUT2D eigenvalue weighted by molar-refractivity contribution is 5.95. The third-order valence-corrected chi connectivity index (χ3v) is 4.56. The normalized spacial score (nSPS) is 20.2. The average molecular weight is 334 g/mol. The van der Waals surface area contributed by atoms with Crippen molar-refractivity contribution < 1.29 is 18.7 Å². The number of amides is 2. The Labute approximate surface area is 142 Å². The lowest BCUT2D eigenvalue weighted by Gasteiger charge is -2.25. The summed E-state index contributed by atoms with van der Waals surface area (Å²) in [5, 5.41) is 2.97. The van der Waals surface area contributed by atoms with Crippen LogP contribution in [0.5, 0.6) is 0 Å². The molecule has 6 nitrogen and oxygen atoms in total. The molecule has 1 aromatic rings. The van der Waals surface area contributed by atoms with Crippen LogP contribution in [0.3, 0.4) is 0 Å². The maximum Gasteiger partial charge on any atom is 0.257 e. The van der Waals surface area contributed by atoms with Crippen LogP contribution in [0.1, 0.15) is 54.0 Å². The fourth-order valence-electron chi connectivity index (χ4n) is 3.09. The Morgan fingerprint density at radius 1 is 1.29 bits per heavy atom. The summed E-state index contributed by atoms with van der Waals surface area (Å²) in [5.41, 5.74) is 0.577. The Kier molecular flexibility index (Phi) is 5.23. The van der Waals surface area contributed by atoms with Crippen molar-refractivity contribution in [3.05, 3.63) is 23.2 Å². The van der Waals surface area contributed by atoms with Gasteiger partial charge in [-0.25, -0.2) is 0 Å². The van der Waals surface area contributed by atoms with Crippen molar-refractivity contribution >= 4 is 11.8 Å². The molecule has 1 saturated heterocycles. The van der Waals surface area contributed by atoms with Crippen LogP contribution in [0, 0.1) is 13.8 Å². The number of carbonyl (C=O) groups excluding carboxylic acids is 2. The van der Waals surface area contributed by atoms with Gasteiger partial charge in [-0.3, -0.25) is 9.59 Å². The van der Waals surface area contributed by atoms with E-state index in [-0.39, 0.29) is 17.9 Å². The van der Waals surface area contributed by atoms with Crippen LogP contribution in [0.4, 0.5) is 0 Å². The van der Waals surface area contributed by atoms with Gasteiger partial charge in [0.05, 0.1) is 11.7 Å². The summed E-state index contributed by atoms with van der Waals surface area (Å²) in [6.07, 6.45) is 4.51. The van der Waals surface area contributed by atoms with Gasteiger partial charge in [0.2, 0.25) is 5.91 Å². The molecule has 2 aliphatic rings. The first-order valence-electron chi connectivity index (χ1n) is 8.80.